The van der Waals surface area contributed by atoms with E-state index in [0.717, 1.165) is 16.1 Å². The van der Waals surface area contributed by atoms with Gasteiger partial charge in [0, 0.05) is 22.3 Å². The maximum atomic E-state index is 13.1. The van der Waals surface area contributed by atoms with Crippen molar-refractivity contribution < 1.29 is 14.0 Å². The van der Waals surface area contributed by atoms with Gasteiger partial charge < -0.3 is 10.2 Å². The molecule has 1 heterocycles. The smallest absolute Gasteiger partial charge is 0.244 e. The number of amides is 2. The van der Waals surface area contributed by atoms with Crippen molar-refractivity contribution in [2.45, 2.75) is 16.6 Å². The van der Waals surface area contributed by atoms with Gasteiger partial charge in [0.1, 0.15) is 12.4 Å². The molecule has 0 radical (unpaired) electrons. The van der Waals surface area contributed by atoms with Gasteiger partial charge in [0.05, 0.1) is 5.69 Å². The van der Waals surface area contributed by atoms with E-state index in [1.54, 1.807) is 11.8 Å². The first-order valence-electron chi connectivity index (χ1n) is 9.26. The molecule has 29 heavy (non-hydrogen) atoms. The number of halogens is 1. The Balaban J connectivity index is 1.57. The minimum Gasteiger partial charge on any atom is -0.325 e. The molecule has 0 aliphatic carbocycles. The zero-order valence-electron chi connectivity index (χ0n) is 15.5. The second kappa shape index (κ2) is 8.49. The third-order valence-electron chi connectivity index (χ3n) is 4.69. The molecule has 0 bridgehead atoms. The summed E-state index contributed by atoms with van der Waals surface area (Å²) in [6.07, 6.45) is 0.299. The molecule has 0 saturated heterocycles. The van der Waals surface area contributed by atoms with Crippen LogP contribution in [0.3, 0.4) is 0 Å². The fourth-order valence-electron chi connectivity index (χ4n) is 3.28. The highest BCUT2D eigenvalue weighted by Gasteiger charge is 2.30. The Morgan fingerprint density at radius 1 is 1.00 bits per heavy atom. The van der Waals surface area contributed by atoms with Gasteiger partial charge in [-0.1, -0.05) is 42.5 Å². The van der Waals surface area contributed by atoms with Gasteiger partial charge in [-0.2, -0.15) is 0 Å². The minimum absolute atomic E-state index is 0.0185. The standard InChI is InChI=1S/C23H19FN2O2S/c24-17-10-12-18(13-11-17)25-22(27)15-26-19-8-4-5-9-20(19)29-21(14-23(26)28)16-6-2-1-3-7-16/h1-13,21H,14-15H2,(H,25,27). The van der Waals surface area contributed by atoms with Crippen LogP contribution in [-0.2, 0) is 9.59 Å². The fraction of sp³-hybridized carbons (Fsp3) is 0.130. The van der Waals surface area contributed by atoms with Crippen molar-refractivity contribution in [1.29, 1.82) is 0 Å². The Bertz CT molecular complexity index is 1020. The number of carbonyl (C=O) groups is 2. The second-order valence-electron chi connectivity index (χ2n) is 6.72. The molecule has 0 saturated carbocycles. The second-order valence-corrected chi connectivity index (χ2v) is 7.97. The van der Waals surface area contributed by atoms with E-state index in [-0.39, 0.29) is 29.4 Å². The van der Waals surface area contributed by atoms with Crippen LogP contribution in [0.15, 0.2) is 83.8 Å². The molecule has 0 fully saturated rings. The van der Waals surface area contributed by atoms with Crippen molar-refractivity contribution in [1.82, 2.24) is 0 Å². The van der Waals surface area contributed by atoms with E-state index in [1.807, 2.05) is 54.6 Å². The summed E-state index contributed by atoms with van der Waals surface area (Å²) in [4.78, 5) is 28.1. The number of anilines is 2. The number of rotatable bonds is 4. The molecule has 146 valence electrons. The van der Waals surface area contributed by atoms with Crippen molar-refractivity contribution in [3.8, 4) is 0 Å². The van der Waals surface area contributed by atoms with Gasteiger partial charge in [-0.25, -0.2) is 4.39 Å². The lowest BCUT2D eigenvalue weighted by molar-refractivity contribution is -0.121. The number of carbonyl (C=O) groups excluding carboxylic acids is 2. The van der Waals surface area contributed by atoms with Gasteiger partial charge in [0.15, 0.2) is 0 Å². The number of thioether (sulfide) groups is 1. The first kappa shape index (κ1) is 19.2. The van der Waals surface area contributed by atoms with Crippen LogP contribution < -0.4 is 10.2 Å². The van der Waals surface area contributed by atoms with Crippen LogP contribution in [-0.4, -0.2) is 18.4 Å². The quantitative estimate of drug-likeness (QED) is 0.661. The predicted molar refractivity (Wildman–Crippen MR) is 113 cm³/mol. The van der Waals surface area contributed by atoms with Gasteiger partial charge >= 0.3 is 0 Å². The van der Waals surface area contributed by atoms with Crippen molar-refractivity contribution in [2.24, 2.45) is 0 Å². The van der Waals surface area contributed by atoms with Gasteiger partial charge in [-0.15, -0.1) is 11.8 Å². The highest BCUT2D eigenvalue weighted by molar-refractivity contribution is 7.99. The zero-order valence-corrected chi connectivity index (χ0v) is 16.4. The van der Waals surface area contributed by atoms with E-state index in [1.165, 1.54) is 29.2 Å². The molecule has 6 heteroatoms. The molecule has 0 aromatic heterocycles. The first-order chi connectivity index (χ1) is 14.1. The summed E-state index contributed by atoms with van der Waals surface area (Å²) in [5.41, 5.74) is 2.30. The van der Waals surface area contributed by atoms with Crippen LogP contribution >= 0.6 is 11.8 Å². The van der Waals surface area contributed by atoms with Crippen molar-refractivity contribution >= 4 is 35.0 Å². The zero-order chi connectivity index (χ0) is 20.2. The van der Waals surface area contributed by atoms with E-state index in [4.69, 9.17) is 0 Å². The Morgan fingerprint density at radius 3 is 2.45 bits per heavy atom. The van der Waals surface area contributed by atoms with E-state index in [0.29, 0.717) is 12.1 Å². The molecule has 1 aliphatic heterocycles. The van der Waals surface area contributed by atoms with E-state index >= 15 is 0 Å². The summed E-state index contributed by atoms with van der Waals surface area (Å²) in [5, 5.41) is 2.71. The van der Waals surface area contributed by atoms with Crippen LogP contribution in [0, 0.1) is 5.82 Å². The molecular formula is C23H19FN2O2S. The summed E-state index contributed by atoms with van der Waals surface area (Å²) in [6.45, 7) is -0.102. The molecule has 1 N–H and O–H groups in total. The molecule has 1 atom stereocenters. The summed E-state index contributed by atoms with van der Waals surface area (Å²) in [6, 6.07) is 23.1. The summed E-state index contributed by atoms with van der Waals surface area (Å²) in [5.74, 6) is -0.808. The number of benzene rings is 3. The lowest BCUT2D eigenvalue weighted by Crippen LogP contribution is -2.38. The summed E-state index contributed by atoms with van der Waals surface area (Å²) in [7, 11) is 0. The number of nitrogens with zero attached hydrogens (tertiary/aromatic N) is 1. The lowest BCUT2D eigenvalue weighted by atomic mass is 10.1. The normalized spacial score (nSPS) is 16.1. The van der Waals surface area contributed by atoms with Crippen LogP contribution in [0.2, 0.25) is 0 Å². The topological polar surface area (TPSA) is 49.4 Å². The number of nitrogens with one attached hydrogen (secondary N) is 1. The van der Waals surface area contributed by atoms with Crippen molar-refractivity contribution in [3.63, 3.8) is 0 Å². The SMILES string of the molecule is O=C(CN1C(=O)CC(c2ccccc2)Sc2ccccc21)Nc1ccc(F)cc1. The highest BCUT2D eigenvalue weighted by atomic mass is 32.2. The molecule has 0 spiro atoms. The molecule has 4 rings (SSSR count). The monoisotopic (exact) mass is 406 g/mol. The minimum atomic E-state index is -0.372. The Kier molecular flexibility index (Phi) is 5.62. The van der Waals surface area contributed by atoms with Gasteiger partial charge in [-0.05, 0) is 42.0 Å². The first-order valence-corrected chi connectivity index (χ1v) is 10.1. The molecule has 1 unspecified atom stereocenters. The Hall–Kier alpha value is -3.12. The van der Waals surface area contributed by atoms with Crippen molar-refractivity contribution in [2.75, 3.05) is 16.8 Å². The fourth-order valence-corrected chi connectivity index (χ4v) is 4.56. The largest absolute Gasteiger partial charge is 0.325 e. The average molecular weight is 406 g/mol. The van der Waals surface area contributed by atoms with Crippen molar-refractivity contribution in [3.05, 3.63) is 90.2 Å². The van der Waals surface area contributed by atoms with Crippen LogP contribution in [0.5, 0.6) is 0 Å². The molecular weight excluding hydrogens is 387 g/mol. The van der Waals surface area contributed by atoms with E-state index in [9.17, 15) is 14.0 Å². The van der Waals surface area contributed by atoms with Gasteiger partial charge in [0.2, 0.25) is 11.8 Å². The Labute approximate surface area is 172 Å². The van der Waals surface area contributed by atoms with E-state index in [2.05, 4.69) is 5.32 Å². The molecule has 2 amide bonds. The number of hydrogen-bond acceptors (Lipinski definition) is 3. The molecule has 3 aromatic carbocycles. The van der Waals surface area contributed by atoms with Crippen LogP contribution in [0.1, 0.15) is 17.2 Å². The number of hydrogen-bond donors (Lipinski definition) is 1. The lowest BCUT2D eigenvalue weighted by Gasteiger charge is -2.22. The predicted octanol–water partition coefficient (Wildman–Crippen LogP) is 5.03. The molecule has 3 aromatic rings. The summed E-state index contributed by atoms with van der Waals surface area (Å²) >= 11 is 1.64. The Morgan fingerprint density at radius 2 is 1.69 bits per heavy atom. The maximum Gasteiger partial charge on any atom is 0.244 e. The number of fused-ring (bicyclic) bond motifs is 1. The van der Waals surface area contributed by atoms with Crippen LogP contribution in [0.25, 0.3) is 0 Å². The van der Waals surface area contributed by atoms with Gasteiger partial charge in [0.25, 0.3) is 0 Å². The third-order valence-corrected chi connectivity index (χ3v) is 6.01. The number of para-hydroxylation sites is 1. The molecule has 1 aliphatic rings. The van der Waals surface area contributed by atoms with E-state index < -0.39 is 0 Å². The maximum absolute atomic E-state index is 13.1. The molecule has 4 nitrogen and oxygen atoms in total. The average Bonchev–Trinajstić information content (AvgIpc) is 2.87. The summed E-state index contributed by atoms with van der Waals surface area (Å²) < 4.78 is 13.1. The van der Waals surface area contributed by atoms with Crippen LogP contribution in [0.4, 0.5) is 15.8 Å². The third kappa shape index (κ3) is 4.49. The highest BCUT2D eigenvalue weighted by Crippen LogP contribution is 2.45. The van der Waals surface area contributed by atoms with Gasteiger partial charge in [-0.3, -0.25) is 9.59 Å².